The molecule has 2 aromatic carbocycles. The molecule has 1 N–H and O–H groups in total. The number of benzene rings is 2. The topological polar surface area (TPSA) is 135 Å². The van der Waals surface area contributed by atoms with Gasteiger partial charge in [-0.05, 0) is 48.4 Å². The van der Waals surface area contributed by atoms with Crippen LogP contribution in [0.25, 0.3) is 0 Å². The molecule has 0 bridgehead atoms. The molecule has 0 fully saturated rings. The molecule has 0 spiro atoms. The first-order valence-electron chi connectivity index (χ1n) is 9.77. The zero-order chi connectivity index (χ0) is 23.8. The van der Waals surface area contributed by atoms with Gasteiger partial charge in [-0.2, -0.15) is 4.98 Å². The second kappa shape index (κ2) is 10.8. The molecule has 0 radical (unpaired) electrons. The Labute approximate surface area is 189 Å². The van der Waals surface area contributed by atoms with Gasteiger partial charge in [-0.25, -0.2) is 9.78 Å². The number of carbonyl (C=O) groups excluding carboxylic acids is 1. The normalized spacial score (nSPS) is 10.3. The summed E-state index contributed by atoms with van der Waals surface area (Å²) in [6.45, 7) is 0.362. The number of carbonyl (C=O) groups is 1. The van der Waals surface area contributed by atoms with E-state index in [1.807, 2.05) is 12.1 Å². The highest BCUT2D eigenvalue weighted by Crippen LogP contribution is 2.34. The van der Waals surface area contributed by atoms with Crippen molar-refractivity contribution in [3.63, 3.8) is 0 Å². The van der Waals surface area contributed by atoms with E-state index in [0.717, 1.165) is 5.56 Å². The number of aromatic nitrogens is 2. The third-order valence-electron chi connectivity index (χ3n) is 4.62. The Bertz CT molecular complexity index is 1140. The molecule has 0 atom stereocenters. The molecular formula is C22H22N4O7. The van der Waals surface area contributed by atoms with E-state index in [2.05, 4.69) is 20.0 Å². The fraction of sp³-hybridized carbons (Fsp3) is 0.227. The minimum absolute atomic E-state index is 0.0247. The Morgan fingerprint density at radius 2 is 1.76 bits per heavy atom. The summed E-state index contributed by atoms with van der Waals surface area (Å²) in [5.41, 5.74) is 0.862. The van der Waals surface area contributed by atoms with Crippen molar-refractivity contribution >= 4 is 17.5 Å². The fourth-order valence-corrected chi connectivity index (χ4v) is 2.98. The quantitative estimate of drug-likeness (QED) is 0.275. The second-order valence-electron chi connectivity index (χ2n) is 6.62. The molecule has 172 valence electrons. The summed E-state index contributed by atoms with van der Waals surface area (Å²) in [5.74, 6) is 0.765. The number of methoxy groups -OCH3 is 3. The summed E-state index contributed by atoms with van der Waals surface area (Å²) in [5, 5.41) is 14.7. The van der Waals surface area contributed by atoms with Gasteiger partial charge in [-0.15, -0.1) is 0 Å². The van der Waals surface area contributed by atoms with Gasteiger partial charge < -0.3 is 24.3 Å². The van der Waals surface area contributed by atoms with Crippen LogP contribution in [0.15, 0.2) is 48.8 Å². The van der Waals surface area contributed by atoms with Crippen LogP contribution < -0.4 is 19.5 Å². The molecule has 0 amide bonds. The molecule has 0 saturated carbocycles. The van der Waals surface area contributed by atoms with E-state index in [0.29, 0.717) is 30.0 Å². The number of nitro groups is 1. The summed E-state index contributed by atoms with van der Waals surface area (Å²) >= 11 is 0. The van der Waals surface area contributed by atoms with E-state index in [1.54, 1.807) is 20.3 Å². The number of esters is 1. The van der Waals surface area contributed by atoms with Crippen molar-refractivity contribution in [1.82, 2.24) is 9.97 Å². The summed E-state index contributed by atoms with van der Waals surface area (Å²) in [6.07, 6.45) is 1.72. The Morgan fingerprint density at radius 3 is 2.39 bits per heavy atom. The maximum atomic E-state index is 11.7. The van der Waals surface area contributed by atoms with E-state index >= 15 is 0 Å². The van der Waals surface area contributed by atoms with Crippen molar-refractivity contribution in [2.45, 2.75) is 6.42 Å². The van der Waals surface area contributed by atoms with Crippen LogP contribution in [0.4, 0.5) is 11.5 Å². The average Bonchev–Trinajstić information content (AvgIpc) is 2.83. The highest BCUT2D eigenvalue weighted by atomic mass is 16.6. The lowest BCUT2D eigenvalue weighted by Gasteiger charge is -2.11. The molecule has 0 aliphatic heterocycles. The summed E-state index contributed by atoms with van der Waals surface area (Å²) in [6, 6.07) is 11.4. The van der Waals surface area contributed by atoms with Crippen molar-refractivity contribution in [2.24, 2.45) is 0 Å². The standard InChI is InChI=1S/C22H22N4O7/c1-30-17-9-4-14(12-18(17)31-2)10-11-23-20-19(26(28)29)21(25-13-24-20)33-16-7-5-15(6-8-16)22(27)32-3/h4-9,12-13H,10-11H2,1-3H3,(H,23,24,25). The Balaban J connectivity index is 1.74. The average molecular weight is 454 g/mol. The van der Waals surface area contributed by atoms with Crippen LogP contribution in [0, 0.1) is 10.1 Å². The van der Waals surface area contributed by atoms with Gasteiger partial charge in [0.05, 0.1) is 31.8 Å². The molecule has 0 aliphatic carbocycles. The van der Waals surface area contributed by atoms with Crippen LogP contribution in [-0.4, -0.2) is 48.7 Å². The summed E-state index contributed by atoms with van der Waals surface area (Å²) in [4.78, 5) is 30.5. The first-order valence-corrected chi connectivity index (χ1v) is 9.77. The zero-order valence-corrected chi connectivity index (χ0v) is 18.2. The molecule has 11 nitrogen and oxygen atoms in total. The molecule has 1 heterocycles. The molecule has 3 aromatic rings. The predicted octanol–water partition coefficient (Wildman–Crippen LogP) is 3.64. The first kappa shape index (κ1) is 23.3. The highest BCUT2D eigenvalue weighted by molar-refractivity contribution is 5.89. The van der Waals surface area contributed by atoms with Gasteiger partial charge in [-0.3, -0.25) is 10.1 Å². The van der Waals surface area contributed by atoms with Crippen molar-refractivity contribution in [3.05, 3.63) is 70.0 Å². The molecular weight excluding hydrogens is 432 g/mol. The van der Waals surface area contributed by atoms with Gasteiger partial charge in [0, 0.05) is 6.54 Å². The Kier molecular flexibility index (Phi) is 7.58. The minimum atomic E-state index is -0.614. The first-order chi connectivity index (χ1) is 16.0. The van der Waals surface area contributed by atoms with Gasteiger partial charge in [0.25, 0.3) is 0 Å². The highest BCUT2D eigenvalue weighted by Gasteiger charge is 2.25. The Morgan fingerprint density at radius 1 is 1.03 bits per heavy atom. The number of nitrogens with one attached hydrogen (secondary N) is 1. The van der Waals surface area contributed by atoms with E-state index in [4.69, 9.17) is 14.2 Å². The SMILES string of the molecule is COC(=O)c1ccc(Oc2ncnc(NCCc3ccc(OC)c(OC)c3)c2[N+](=O)[O-])cc1. The van der Waals surface area contributed by atoms with Gasteiger partial charge in [-0.1, -0.05) is 6.07 Å². The summed E-state index contributed by atoms with van der Waals surface area (Å²) in [7, 11) is 4.38. The van der Waals surface area contributed by atoms with Crippen LogP contribution >= 0.6 is 0 Å². The third-order valence-corrected chi connectivity index (χ3v) is 4.62. The molecule has 1 aromatic heterocycles. The van der Waals surface area contributed by atoms with Crippen molar-refractivity contribution in [1.29, 1.82) is 0 Å². The Hall–Kier alpha value is -4.41. The zero-order valence-electron chi connectivity index (χ0n) is 18.2. The van der Waals surface area contributed by atoms with E-state index in [9.17, 15) is 14.9 Å². The number of hydrogen-bond acceptors (Lipinski definition) is 10. The van der Waals surface area contributed by atoms with Gasteiger partial charge in [0.1, 0.15) is 12.1 Å². The largest absolute Gasteiger partial charge is 0.493 e. The minimum Gasteiger partial charge on any atom is -0.493 e. The van der Waals surface area contributed by atoms with Crippen LogP contribution in [0.2, 0.25) is 0 Å². The molecule has 3 rings (SSSR count). The molecule has 0 unspecified atom stereocenters. The van der Waals surface area contributed by atoms with E-state index in [-0.39, 0.29) is 17.4 Å². The third kappa shape index (κ3) is 5.64. The van der Waals surface area contributed by atoms with Crippen LogP contribution in [-0.2, 0) is 11.2 Å². The van der Waals surface area contributed by atoms with E-state index < -0.39 is 16.6 Å². The number of ether oxygens (including phenoxy) is 4. The van der Waals surface area contributed by atoms with Gasteiger partial charge in [0.2, 0.25) is 5.82 Å². The number of hydrogen-bond donors (Lipinski definition) is 1. The van der Waals surface area contributed by atoms with Crippen LogP contribution in [0.5, 0.6) is 23.1 Å². The van der Waals surface area contributed by atoms with Crippen LogP contribution in [0.1, 0.15) is 15.9 Å². The van der Waals surface area contributed by atoms with Crippen molar-refractivity contribution < 1.29 is 28.7 Å². The van der Waals surface area contributed by atoms with Crippen molar-refractivity contribution in [3.8, 4) is 23.1 Å². The van der Waals surface area contributed by atoms with Gasteiger partial charge >= 0.3 is 17.5 Å². The molecule has 11 heteroatoms. The number of rotatable bonds is 10. The number of anilines is 1. The lowest BCUT2D eigenvalue weighted by Crippen LogP contribution is -2.10. The second-order valence-corrected chi connectivity index (χ2v) is 6.62. The lowest BCUT2D eigenvalue weighted by molar-refractivity contribution is -0.385. The molecule has 0 aliphatic rings. The van der Waals surface area contributed by atoms with E-state index in [1.165, 1.54) is 37.7 Å². The lowest BCUT2D eigenvalue weighted by atomic mass is 10.1. The maximum Gasteiger partial charge on any atom is 0.373 e. The van der Waals surface area contributed by atoms with Gasteiger partial charge in [0.15, 0.2) is 11.5 Å². The monoisotopic (exact) mass is 454 g/mol. The predicted molar refractivity (Wildman–Crippen MR) is 118 cm³/mol. The fourth-order valence-electron chi connectivity index (χ4n) is 2.98. The number of nitrogens with zero attached hydrogens (tertiary/aromatic N) is 3. The molecule has 0 saturated heterocycles. The van der Waals surface area contributed by atoms with Crippen molar-refractivity contribution in [2.75, 3.05) is 33.2 Å². The van der Waals surface area contributed by atoms with Crippen LogP contribution in [0.3, 0.4) is 0 Å². The molecule has 33 heavy (non-hydrogen) atoms. The maximum absolute atomic E-state index is 11.7. The summed E-state index contributed by atoms with van der Waals surface area (Å²) < 4.78 is 20.7. The smallest absolute Gasteiger partial charge is 0.373 e.